The molecule has 3 rings (SSSR count). The fourth-order valence-corrected chi connectivity index (χ4v) is 2.92. The van der Waals surface area contributed by atoms with Gasteiger partial charge >= 0.3 is 6.03 Å². The molecule has 0 aliphatic carbocycles. The molecule has 2 amide bonds. The minimum atomic E-state index is -0.354. The number of ether oxygens (including phenoxy) is 1. The van der Waals surface area contributed by atoms with Crippen LogP contribution in [0, 0.1) is 11.3 Å². The predicted octanol–water partition coefficient (Wildman–Crippen LogP) is 3.98. The Morgan fingerprint density at radius 2 is 2.04 bits per heavy atom. The minimum Gasteiger partial charge on any atom is -0.487 e. The summed E-state index contributed by atoms with van der Waals surface area (Å²) in [7, 11) is 0. The maximum Gasteiger partial charge on any atom is 0.319 e. The number of rotatable bonds is 2. The molecular formula is C19H19N3O2. The third-order valence-electron chi connectivity index (χ3n) is 3.93. The van der Waals surface area contributed by atoms with E-state index in [1.807, 2.05) is 38.1 Å². The Morgan fingerprint density at radius 1 is 1.25 bits per heavy atom. The van der Waals surface area contributed by atoms with Crippen LogP contribution in [0.3, 0.4) is 0 Å². The van der Waals surface area contributed by atoms with Crippen molar-refractivity contribution in [2.45, 2.75) is 31.9 Å². The first-order valence-corrected chi connectivity index (χ1v) is 7.82. The molecular weight excluding hydrogens is 302 g/mol. The highest BCUT2D eigenvalue weighted by atomic mass is 16.5. The number of hydrogen-bond acceptors (Lipinski definition) is 3. The van der Waals surface area contributed by atoms with Crippen LogP contribution in [0.1, 0.15) is 37.4 Å². The zero-order valence-electron chi connectivity index (χ0n) is 13.7. The average molecular weight is 321 g/mol. The van der Waals surface area contributed by atoms with Gasteiger partial charge in [-0.3, -0.25) is 0 Å². The maximum absolute atomic E-state index is 12.4. The first-order valence-electron chi connectivity index (χ1n) is 7.82. The number of hydrogen-bond donors (Lipinski definition) is 2. The number of anilines is 1. The number of carbonyl (C=O) groups excluding carboxylic acids is 1. The number of nitrogens with one attached hydrogen (secondary N) is 2. The summed E-state index contributed by atoms with van der Waals surface area (Å²) in [6, 6.07) is 16.2. The van der Waals surface area contributed by atoms with Gasteiger partial charge in [-0.15, -0.1) is 0 Å². The van der Waals surface area contributed by atoms with E-state index in [1.165, 1.54) is 0 Å². The van der Waals surface area contributed by atoms with Crippen molar-refractivity contribution in [3.63, 3.8) is 0 Å². The summed E-state index contributed by atoms with van der Waals surface area (Å²) < 4.78 is 5.97. The maximum atomic E-state index is 12.4. The van der Waals surface area contributed by atoms with Crippen molar-refractivity contribution < 1.29 is 9.53 Å². The van der Waals surface area contributed by atoms with E-state index >= 15 is 0 Å². The molecule has 0 fully saturated rings. The van der Waals surface area contributed by atoms with Gasteiger partial charge in [-0.2, -0.15) is 5.26 Å². The van der Waals surface area contributed by atoms with Crippen molar-refractivity contribution in [3.8, 4) is 11.8 Å². The quantitative estimate of drug-likeness (QED) is 0.878. The van der Waals surface area contributed by atoms with Gasteiger partial charge in [-0.05, 0) is 38.1 Å². The second-order valence-corrected chi connectivity index (χ2v) is 6.45. The van der Waals surface area contributed by atoms with Crippen LogP contribution >= 0.6 is 0 Å². The largest absolute Gasteiger partial charge is 0.487 e. The number of benzene rings is 2. The van der Waals surface area contributed by atoms with E-state index in [4.69, 9.17) is 10.00 Å². The van der Waals surface area contributed by atoms with E-state index in [2.05, 4.69) is 16.7 Å². The molecule has 0 bridgehead atoms. The Hall–Kier alpha value is -3.00. The van der Waals surface area contributed by atoms with Gasteiger partial charge in [0, 0.05) is 17.7 Å². The van der Waals surface area contributed by atoms with Crippen molar-refractivity contribution >= 4 is 11.7 Å². The lowest BCUT2D eigenvalue weighted by Gasteiger charge is -2.37. The monoisotopic (exact) mass is 321 g/mol. The van der Waals surface area contributed by atoms with Crippen LogP contribution in [0.5, 0.6) is 5.75 Å². The molecule has 2 aromatic rings. The fourth-order valence-electron chi connectivity index (χ4n) is 2.92. The van der Waals surface area contributed by atoms with Gasteiger partial charge < -0.3 is 15.4 Å². The van der Waals surface area contributed by atoms with Gasteiger partial charge in [0.15, 0.2) is 0 Å². The standard InChI is InChI=1S/C19H19N3O2/c1-19(2)11-16(15-8-3-4-9-17(15)24-19)22-18(23)21-14-7-5-6-13(10-14)12-20/h3-10,16H,11H2,1-2H3,(H2,21,22,23). The number of carbonyl (C=O) groups is 1. The van der Waals surface area contributed by atoms with E-state index in [-0.39, 0.29) is 17.7 Å². The summed E-state index contributed by atoms with van der Waals surface area (Å²) in [6.45, 7) is 4.01. The van der Waals surface area contributed by atoms with Crippen LogP contribution in [0.4, 0.5) is 10.5 Å². The van der Waals surface area contributed by atoms with Gasteiger partial charge in [0.1, 0.15) is 11.4 Å². The molecule has 1 atom stereocenters. The van der Waals surface area contributed by atoms with Crippen LogP contribution in [0.2, 0.25) is 0 Å². The molecule has 1 heterocycles. The van der Waals surface area contributed by atoms with Crippen molar-refractivity contribution in [1.29, 1.82) is 5.26 Å². The zero-order chi connectivity index (χ0) is 17.2. The zero-order valence-corrected chi connectivity index (χ0v) is 13.7. The minimum absolute atomic E-state index is 0.135. The molecule has 5 nitrogen and oxygen atoms in total. The first-order chi connectivity index (χ1) is 11.5. The van der Waals surface area contributed by atoms with Gasteiger partial charge in [0.25, 0.3) is 0 Å². The lowest BCUT2D eigenvalue weighted by molar-refractivity contribution is 0.0683. The fraction of sp³-hybridized carbons (Fsp3) is 0.263. The van der Waals surface area contributed by atoms with Crippen LogP contribution in [0.15, 0.2) is 48.5 Å². The summed E-state index contributed by atoms with van der Waals surface area (Å²) >= 11 is 0. The smallest absolute Gasteiger partial charge is 0.319 e. The molecule has 24 heavy (non-hydrogen) atoms. The molecule has 0 radical (unpaired) electrons. The summed E-state index contributed by atoms with van der Waals surface area (Å²) in [5, 5.41) is 14.7. The van der Waals surface area contributed by atoms with E-state index in [0.29, 0.717) is 17.7 Å². The summed E-state index contributed by atoms with van der Waals surface area (Å²) in [4.78, 5) is 12.4. The van der Waals surface area contributed by atoms with Crippen LogP contribution < -0.4 is 15.4 Å². The molecule has 2 N–H and O–H groups in total. The SMILES string of the molecule is CC1(C)CC(NC(=O)Nc2cccc(C#N)c2)c2ccccc2O1. The summed E-state index contributed by atoms with van der Waals surface area (Å²) in [5.74, 6) is 0.797. The Morgan fingerprint density at radius 3 is 2.83 bits per heavy atom. The molecule has 0 saturated carbocycles. The summed E-state index contributed by atoms with van der Waals surface area (Å²) in [5.41, 5.74) is 1.71. The van der Waals surface area contributed by atoms with Gasteiger partial charge in [0.2, 0.25) is 0 Å². The van der Waals surface area contributed by atoms with Crippen LogP contribution in [-0.2, 0) is 0 Å². The second-order valence-electron chi connectivity index (χ2n) is 6.45. The Labute approximate surface area is 141 Å². The van der Waals surface area contributed by atoms with Gasteiger partial charge in [-0.25, -0.2) is 4.79 Å². The molecule has 1 aliphatic rings. The third-order valence-corrected chi connectivity index (χ3v) is 3.93. The van der Waals surface area contributed by atoms with Gasteiger partial charge in [-0.1, -0.05) is 24.3 Å². The predicted molar refractivity (Wildman–Crippen MR) is 91.8 cm³/mol. The highest BCUT2D eigenvalue weighted by Crippen LogP contribution is 2.39. The molecule has 5 heteroatoms. The van der Waals surface area contributed by atoms with E-state index in [0.717, 1.165) is 11.3 Å². The van der Waals surface area contributed by atoms with Crippen molar-refractivity contribution in [3.05, 3.63) is 59.7 Å². The molecule has 122 valence electrons. The molecule has 0 aromatic heterocycles. The Kier molecular flexibility index (Phi) is 4.13. The highest BCUT2D eigenvalue weighted by molar-refractivity contribution is 5.89. The summed E-state index contributed by atoms with van der Waals surface area (Å²) in [6.07, 6.45) is 0.676. The highest BCUT2D eigenvalue weighted by Gasteiger charge is 2.34. The third kappa shape index (κ3) is 3.49. The molecule has 0 spiro atoms. The average Bonchev–Trinajstić information content (AvgIpc) is 2.54. The number of urea groups is 1. The first kappa shape index (κ1) is 15.9. The lowest BCUT2D eigenvalue weighted by Crippen LogP contribution is -2.42. The number of nitrogens with zero attached hydrogens (tertiary/aromatic N) is 1. The van der Waals surface area contributed by atoms with E-state index < -0.39 is 0 Å². The molecule has 0 saturated heterocycles. The van der Waals surface area contributed by atoms with E-state index in [9.17, 15) is 4.79 Å². The topological polar surface area (TPSA) is 74.2 Å². The van der Waals surface area contributed by atoms with Crippen LogP contribution in [-0.4, -0.2) is 11.6 Å². The molecule has 1 unspecified atom stereocenters. The number of para-hydroxylation sites is 1. The van der Waals surface area contributed by atoms with Crippen LogP contribution in [0.25, 0.3) is 0 Å². The second kappa shape index (κ2) is 6.25. The number of amides is 2. The van der Waals surface area contributed by atoms with Crippen molar-refractivity contribution in [2.24, 2.45) is 0 Å². The number of fused-ring (bicyclic) bond motifs is 1. The molecule has 1 aliphatic heterocycles. The van der Waals surface area contributed by atoms with Crippen molar-refractivity contribution in [1.82, 2.24) is 5.32 Å². The number of nitriles is 1. The van der Waals surface area contributed by atoms with E-state index in [1.54, 1.807) is 24.3 Å². The Balaban J connectivity index is 1.75. The normalized spacial score (nSPS) is 17.8. The van der Waals surface area contributed by atoms with Crippen molar-refractivity contribution in [2.75, 3.05) is 5.32 Å². The molecule has 2 aromatic carbocycles. The van der Waals surface area contributed by atoms with Gasteiger partial charge in [0.05, 0.1) is 17.7 Å². The Bertz CT molecular complexity index is 808. The lowest BCUT2D eigenvalue weighted by atomic mass is 9.90.